The lowest BCUT2D eigenvalue weighted by molar-refractivity contribution is 0.0452. The van der Waals surface area contributed by atoms with Gasteiger partial charge in [-0.15, -0.1) is 0 Å². The third kappa shape index (κ3) is 3.56. The number of allylic oxidation sites excluding steroid dienone is 1. The van der Waals surface area contributed by atoms with E-state index in [1.807, 2.05) is 37.3 Å². The summed E-state index contributed by atoms with van der Waals surface area (Å²) in [5.41, 5.74) is 1.37. The van der Waals surface area contributed by atoms with Crippen molar-refractivity contribution in [1.82, 2.24) is 0 Å². The molecule has 0 bridgehead atoms. The van der Waals surface area contributed by atoms with E-state index in [2.05, 4.69) is 0 Å². The molecule has 0 unspecified atom stereocenters. The van der Waals surface area contributed by atoms with Crippen LogP contribution in [0.1, 0.15) is 47.4 Å². The zero-order valence-electron chi connectivity index (χ0n) is 14.0. The van der Waals surface area contributed by atoms with Crippen LogP contribution in [0.2, 0.25) is 0 Å². The molecule has 5 heteroatoms. The normalized spacial score (nSPS) is 10.8. The first-order chi connectivity index (χ1) is 11.6. The minimum absolute atomic E-state index is 0.0922. The van der Waals surface area contributed by atoms with E-state index in [-0.39, 0.29) is 24.5 Å². The van der Waals surface area contributed by atoms with Gasteiger partial charge in [-0.2, -0.15) is 0 Å². The van der Waals surface area contributed by atoms with Crippen LogP contribution in [0.4, 0.5) is 0 Å². The van der Waals surface area contributed by atoms with Gasteiger partial charge in [0.05, 0.1) is 13.2 Å². The number of benzene rings is 1. The van der Waals surface area contributed by atoms with Gasteiger partial charge in [-0.3, -0.25) is 0 Å². The molecule has 5 nitrogen and oxygen atoms in total. The molecule has 0 radical (unpaired) electrons. The third-order valence-electron chi connectivity index (χ3n) is 3.26. The van der Waals surface area contributed by atoms with Gasteiger partial charge < -0.3 is 13.9 Å². The Morgan fingerprint density at radius 1 is 1.04 bits per heavy atom. The highest BCUT2D eigenvalue weighted by molar-refractivity contribution is 6.08. The second kappa shape index (κ2) is 8.15. The number of furan rings is 1. The van der Waals surface area contributed by atoms with Gasteiger partial charge >= 0.3 is 11.9 Å². The molecule has 1 heterocycles. The number of esters is 2. The van der Waals surface area contributed by atoms with Crippen molar-refractivity contribution in [1.29, 1.82) is 0 Å². The highest BCUT2D eigenvalue weighted by Crippen LogP contribution is 2.35. The molecule has 126 valence electrons. The van der Waals surface area contributed by atoms with Gasteiger partial charge in [0.1, 0.15) is 11.3 Å². The molecule has 1 aromatic carbocycles. The van der Waals surface area contributed by atoms with Crippen LogP contribution in [0.15, 0.2) is 40.8 Å². The number of hydrogen-bond donors (Lipinski definition) is 0. The summed E-state index contributed by atoms with van der Waals surface area (Å²) >= 11 is 0. The predicted molar refractivity (Wildman–Crippen MR) is 90.8 cm³/mol. The quantitative estimate of drug-likeness (QED) is 0.738. The molecule has 24 heavy (non-hydrogen) atoms. The summed E-state index contributed by atoms with van der Waals surface area (Å²) in [4.78, 5) is 24.7. The first-order valence-electron chi connectivity index (χ1n) is 7.83. The average molecular weight is 328 g/mol. The summed E-state index contributed by atoms with van der Waals surface area (Å²) in [5.74, 6) is -1.02. The van der Waals surface area contributed by atoms with Gasteiger partial charge in [-0.05, 0) is 32.4 Å². The van der Waals surface area contributed by atoms with Crippen molar-refractivity contribution in [2.45, 2.75) is 20.8 Å². The van der Waals surface area contributed by atoms with Crippen molar-refractivity contribution in [3.63, 3.8) is 0 Å². The monoisotopic (exact) mass is 328 g/mol. The van der Waals surface area contributed by atoms with E-state index in [0.29, 0.717) is 11.3 Å². The van der Waals surface area contributed by atoms with Gasteiger partial charge in [-0.1, -0.05) is 36.4 Å². The Morgan fingerprint density at radius 2 is 1.67 bits per heavy atom. The molecular formula is C19H20O5. The zero-order valence-corrected chi connectivity index (χ0v) is 14.0. The number of rotatable bonds is 6. The smallest absolute Gasteiger partial charge is 0.375 e. The standard InChI is InChI=1S/C19H20O5/c1-4-10-14-15(13-11-8-7-9-12-13)16(18(20)22-5-2)17(24-14)19(21)23-6-3/h4,7-12H,5-6H2,1-3H3/b10-4+. The molecular weight excluding hydrogens is 308 g/mol. The SMILES string of the molecule is C/C=C/c1oc(C(=O)OCC)c(C(=O)OCC)c1-c1ccccc1. The van der Waals surface area contributed by atoms with Gasteiger partial charge in [-0.25, -0.2) is 9.59 Å². The lowest BCUT2D eigenvalue weighted by Gasteiger charge is -2.06. The largest absolute Gasteiger partial charge is 0.462 e. The van der Waals surface area contributed by atoms with Crippen LogP contribution in [0.25, 0.3) is 17.2 Å². The average Bonchev–Trinajstić information content (AvgIpc) is 2.96. The number of carbonyl (C=O) groups excluding carboxylic acids is 2. The van der Waals surface area contributed by atoms with Crippen molar-refractivity contribution in [2.24, 2.45) is 0 Å². The molecule has 2 aromatic rings. The van der Waals surface area contributed by atoms with Crippen LogP contribution in [-0.4, -0.2) is 25.2 Å². The molecule has 2 rings (SSSR count). The Hall–Kier alpha value is -2.82. The Kier molecular flexibility index (Phi) is 5.95. The zero-order chi connectivity index (χ0) is 17.5. The summed E-state index contributed by atoms with van der Waals surface area (Å²) in [5, 5.41) is 0. The van der Waals surface area contributed by atoms with E-state index in [0.717, 1.165) is 5.56 Å². The van der Waals surface area contributed by atoms with E-state index in [1.54, 1.807) is 26.0 Å². The summed E-state index contributed by atoms with van der Waals surface area (Å²) in [7, 11) is 0. The van der Waals surface area contributed by atoms with Crippen molar-refractivity contribution < 1.29 is 23.5 Å². The molecule has 0 aliphatic heterocycles. The maximum Gasteiger partial charge on any atom is 0.375 e. The van der Waals surface area contributed by atoms with Crippen molar-refractivity contribution in [2.75, 3.05) is 13.2 Å². The molecule has 0 spiro atoms. The maximum atomic E-state index is 12.5. The fourth-order valence-electron chi connectivity index (χ4n) is 2.35. The number of hydrogen-bond acceptors (Lipinski definition) is 5. The third-order valence-corrected chi connectivity index (χ3v) is 3.26. The fourth-order valence-corrected chi connectivity index (χ4v) is 2.35. The van der Waals surface area contributed by atoms with Gasteiger partial charge in [0.2, 0.25) is 5.76 Å². The molecule has 0 atom stereocenters. The Bertz CT molecular complexity index is 741. The highest BCUT2D eigenvalue weighted by Gasteiger charge is 2.31. The molecule has 0 aliphatic carbocycles. The van der Waals surface area contributed by atoms with Gasteiger partial charge in [0, 0.05) is 5.56 Å². The van der Waals surface area contributed by atoms with Crippen LogP contribution < -0.4 is 0 Å². The number of carbonyl (C=O) groups is 2. The molecule has 0 saturated carbocycles. The summed E-state index contributed by atoms with van der Waals surface area (Å²) in [6.45, 7) is 5.60. The Morgan fingerprint density at radius 3 is 2.25 bits per heavy atom. The van der Waals surface area contributed by atoms with Crippen molar-refractivity contribution in [3.05, 3.63) is 53.5 Å². The molecule has 0 saturated heterocycles. The lowest BCUT2D eigenvalue weighted by Crippen LogP contribution is -2.12. The van der Waals surface area contributed by atoms with E-state index in [9.17, 15) is 9.59 Å². The molecule has 0 fully saturated rings. The van der Waals surface area contributed by atoms with Crippen LogP contribution in [-0.2, 0) is 9.47 Å². The van der Waals surface area contributed by atoms with E-state index >= 15 is 0 Å². The lowest BCUT2D eigenvalue weighted by atomic mass is 9.99. The maximum absolute atomic E-state index is 12.5. The van der Waals surface area contributed by atoms with E-state index in [1.165, 1.54) is 0 Å². The number of ether oxygens (including phenoxy) is 2. The van der Waals surface area contributed by atoms with Crippen molar-refractivity contribution in [3.8, 4) is 11.1 Å². The van der Waals surface area contributed by atoms with Gasteiger partial charge in [0.15, 0.2) is 0 Å². The first kappa shape index (κ1) is 17.5. The summed E-state index contributed by atoms with van der Waals surface area (Å²) < 4.78 is 15.8. The van der Waals surface area contributed by atoms with Crippen LogP contribution >= 0.6 is 0 Å². The second-order valence-electron chi connectivity index (χ2n) is 4.85. The highest BCUT2D eigenvalue weighted by atomic mass is 16.5. The van der Waals surface area contributed by atoms with Gasteiger partial charge in [0.25, 0.3) is 0 Å². The van der Waals surface area contributed by atoms with Crippen LogP contribution in [0, 0.1) is 0 Å². The van der Waals surface area contributed by atoms with E-state index < -0.39 is 11.9 Å². The summed E-state index contributed by atoms with van der Waals surface area (Å²) in [6, 6.07) is 9.25. The molecule has 0 N–H and O–H groups in total. The van der Waals surface area contributed by atoms with E-state index in [4.69, 9.17) is 13.9 Å². The van der Waals surface area contributed by atoms with Crippen LogP contribution in [0.3, 0.4) is 0 Å². The fraction of sp³-hybridized carbons (Fsp3) is 0.263. The summed E-state index contributed by atoms with van der Waals surface area (Å²) in [6.07, 6.45) is 3.48. The predicted octanol–water partition coefficient (Wildman–Crippen LogP) is 4.33. The Balaban J connectivity index is 2.73. The molecule has 0 amide bonds. The molecule has 1 aromatic heterocycles. The second-order valence-corrected chi connectivity index (χ2v) is 4.85. The minimum Gasteiger partial charge on any atom is -0.462 e. The topological polar surface area (TPSA) is 65.7 Å². The van der Waals surface area contributed by atoms with Crippen molar-refractivity contribution >= 4 is 18.0 Å². The van der Waals surface area contributed by atoms with Crippen LogP contribution in [0.5, 0.6) is 0 Å². The minimum atomic E-state index is -0.687. The Labute approximate surface area is 140 Å². The first-order valence-corrected chi connectivity index (χ1v) is 7.83. The molecule has 0 aliphatic rings.